The summed E-state index contributed by atoms with van der Waals surface area (Å²) in [6, 6.07) is 14.4. The Bertz CT molecular complexity index is 974. The predicted octanol–water partition coefficient (Wildman–Crippen LogP) is 3.24. The lowest BCUT2D eigenvalue weighted by Gasteiger charge is -2.12. The van der Waals surface area contributed by atoms with Gasteiger partial charge in [0.2, 0.25) is 5.43 Å². The molecule has 0 aliphatic rings. The van der Waals surface area contributed by atoms with Gasteiger partial charge in [-0.3, -0.25) is 9.59 Å². The third-order valence-corrected chi connectivity index (χ3v) is 3.96. The van der Waals surface area contributed by atoms with Gasteiger partial charge in [0.15, 0.2) is 6.61 Å². The Morgan fingerprint density at radius 1 is 1.12 bits per heavy atom. The number of ether oxygens (including phenoxy) is 1. The highest BCUT2D eigenvalue weighted by molar-refractivity contribution is 5.84. The first-order valence-electron chi connectivity index (χ1n) is 7.93. The van der Waals surface area contributed by atoms with E-state index in [1.165, 1.54) is 4.90 Å². The minimum atomic E-state index is -0.142. The first-order chi connectivity index (χ1) is 12.0. The molecule has 1 aromatic heterocycles. The second-order valence-corrected chi connectivity index (χ2v) is 5.96. The van der Waals surface area contributed by atoms with Crippen LogP contribution in [0, 0.1) is 6.92 Å². The Kier molecular flexibility index (Phi) is 4.57. The number of amides is 1. The summed E-state index contributed by atoms with van der Waals surface area (Å²) in [5.41, 5.74) is 1.75. The number of benzene rings is 2. The molecule has 25 heavy (non-hydrogen) atoms. The van der Waals surface area contributed by atoms with Crippen molar-refractivity contribution >= 4 is 16.9 Å². The molecule has 3 aromatic rings. The minimum absolute atomic E-state index is 0.0657. The highest BCUT2D eigenvalue weighted by Crippen LogP contribution is 2.26. The van der Waals surface area contributed by atoms with Gasteiger partial charge in [0.25, 0.3) is 5.91 Å². The van der Waals surface area contributed by atoms with Crippen LogP contribution in [0.3, 0.4) is 0 Å². The molecule has 0 N–H and O–H groups in total. The van der Waals surface area contributed by atoms with Crippen LogP contribution in [0.4, 0.5) is 0 Å². The van der Waals surface area contributed by atoms with E-state index in [4.69, 9.17) is 9.15 Å². The van der Waals surface area contributed by atoms with E-state index >= 15 is 0 Å². The molecule has 0 fully saturated rings. The highest BCUT2D eigenvalue weighted by atomic mass is 16.5. The van der Waals surface area contributed by atoms with E-state index in [9.17, 15) is 9.59 Å². The number of aryl methyl sites for hydroxylation is 1. The Morgan fingerprint density at radius 3 is 2.52 bits per heavy atom. The maximum Gasteiger partial charge on any atom is 0.259 e. The first-order valence-corrected chi connectivity index (χ1v) is 7.93. The predicted molar refractivity (Wildman–Crippen MR) is 96.8 cm³/mol. The summed E-state index contributed by atoms with van der Waals surface area (Å²) < 4.78 is 11.3. The fraction of sp³-hybridized carbons (Fsp3) is 0.200. The molecule has 0 saturated carbocycles. The van der Waals surface area contributed by atoms with E-state index in [2.05, 4.69) is 0 Å². The zero-order valence-corrected chi connectivity index (χ0v) is 14.4. The van der Waals surface area contributed by atoms with Crippen molar-refractivity contribution in [2.75, 3.05) is 20.7 Å². The lowest BCUT2D eigenvalue weighted by Crippen LogP contribution is -2.27. The van der Waals surface area contributed by atoms with Crippen LogP contribution in [0.5, 0.6) is 5.75 Å². The van der Waals surface area contributed by atoms with Gasteiger partial charge in [-0.1, -0.05) is 30.3 Å². The fourth-order valence-electron chi connectivity index (χ4n) is 2.59. The highest BCUT2D eigenvalue weighted by Gasteiger charge is 2.14. The average Bonchev–Trinajstić information content (AvgIpc) is 2.60. The fourth-order valence-corrected chi connectivity index (χ4v) is 2.59. The summed E-state index contributed by atoms with van der Waals surface area (Å²) in [7, 11) is 3.33. The Hall–Kier alpha value is -3.08. The minimum Gasteiger partial charge on any atom is -0.484 e. The van der Waals surface area contributed by atoms with Crippen LogP contribution in [0.2, 0.25) is 0 Å². The number of nitrogens with zero attached hydrogens (tertiary/aromatic N) is 1. The lowest BCUT2D eigenvalue weighted by molar-refractivity contribution is -0.130. The van der Waals surface area contributed by atoms with Crippen molar-refractivity contribution in [3.05, 3.63) is 64.5 Å². The van der Waals surface area contributed by atoms with Crippen molar-refractivity contribution in [3.63, 3.8) is 0 Å². The number of fused-ring (bicyclic) bond motifs is 1. The van der Waals surface area contributed by atoms with Crippen LogP contribution in [0.15, 0.2) is 57.7 Å². The number of carbonyl (C=O) groups is 1. The molecule has 5 heteroatoms. The van der Waals surface area contributed by atoms with Gasteiger partial charge in [-0.2, -0.15) is 0 Å². The van der Waals surface area contributed by atoms with E-state index in [1.54, 1.807) is 39.2 Å². The molecule has 0 bridgehead atoms. The third kappa shape index (κ3) is 3.40. The van der Waals surface area contributed by atoms with Gasteiger partial charge >= 0.3 is 0 Å². The molecule has 0 radical (unpaired) electrons. The van der Waals surface area contributed by atoms with Gasteiger partial charge in [-0.05, 0) is 24.6 Å². The van der Waals surface area contributed by atoms with Crippen LogP contribution in [0.1, 0.15) is 5.76 Å². The molecule has 128 valence electrons. The number of hydrogen-bond donors (Lipinski definition) is 0. The van der Waals surface area contributed by atoms with Crippen molar-refractivity contribution in [1.29, 1.82) is 0 Å². The third-order valence-electron chi connectivity index (χ3n) is 3.96. The quantitative estimate of drug-likeness (QED) is 0.733. The van der Waals surface area contributed by atoms with Crippen molar-refractivity contribution in [2.45, 2.75) is 6.92 Å². The van der Waals surface area contributed by atoms with Crippen molar-refractivity contribution in [3.8, 4) is 16.9 Å². The molecular weight excluding hydrogens is 318 g/mol. The average molecular weight is 337 g/mol. The van der Waals surface area contributed by atoms with E-state index in [-0.39, 0.29) is 17.9 Å². The number of rotatable bonds is 4. The van der Waals surface area contributed by atoms with Crippen LogP contribution >= 0.6 is 0 Å². The number of likely N-dealkylation sites (N-methyl/N-ethyl adjacent to an activating group) is 1. The molecule has 0 saturated heterocycles. The van der Waals surface area contributed by atoms with Crippen LogP contribution in [-0.2, 0) is 4.79 Å². The summed E-state index contributed by atoms with van der Waals surface area (Å²) in [5, 5.41) is 0.482. The number of carbonyl (C=O) groups excluding carboxylic acids is 1. The van der Waals surface area contributed by atoms with E-state index in [0.717, 1.165) is 5.56 Å². The van der Waals surface area contributed by atoms with Gasteiger partial charge in [0.1, 0.15) is 17.1 Å². The van der Waals surface area contributed by atoms with E-state index < -0.39 is 0 Å². The Balaban J connectivity index is 2.00. The second-order valence-electron chi connectivity index (χ2n) is 5.96. The lowest BCUT2D eigenvalue weighted by atomic mass is 10.0. The van der Waals surface area contributed by atoms with Crippen LogP contribution in [0.25, 0.3) is 22.1 Å². The van der Waals surface area contributed by atoms with Crippen LogP contribution < -0.4 is 10.2 Å². The molecule has 0 unspecified atom stereocenters. The molecule has 0 spiro atoms. The topological polar surface area (TPSA) is 59.8 Å². The largest absolute Gasteiger partial charge is 0.484 e. The molecular formula is C20H19NO4. The zero-order chi connectivity index (χ0) is 18.0. The summed E-state index contributed by atoms with van der Waals surface area (Å²) in [4.78, 5) is 25.9. The van der Waals surface area contributed by atoms with Gasteiger partial charge in [-0.25, -0.2) is 0 Å². The zero-order valence-electron chi connectivity index (χ0n) is 14.4. The van der Waals surface area contributed by atoms with Gasteiger partial charge in [0, 0.05) is 20.2 Å². The van der Waals surface area contributed by atoms with Crippen LogP contribution in [-0.4, -0.2) is 31.5 Å². The SMILES string of the molecule is Cc1oc2cc(OCC(=O)N(C)C)ccc2c(=O)c1-c1ccccc1. The maximum absolute atomic E-state index is 12.9. The number of hydrogen-bond acceptors (Lipinski definition) is 4. The molecule has 1 heterocycles. The molecule has 3 rings (SSSR count). The smallest absolute Gasteiger partial charge is 0.259 e. The molecule has 5 nitrogen and oxygen atoms in total. The van der Waals surface area contributed by atoms with Gasteiger partial charge in [0.05, 0.1) is 10.9 Å². The summed E-state index contributed by atoms with van der Waals surface area (Å²) in [6.07, 6.45) is 0. The Labute approximate surface area is 145 Å². The normalized spacial score (nSPS) is 10.7. The van der Waals surface area contributed by atoms with Gasteiger partial charge < -0.3 is 14.1 Å². The second kappa shape index (κ2) is 6.81. The molecule has 0 aliphatic heterocycles. The molecule has 1 amide bonds. The maximum atomic E-state index is 12.9. The summed E-state index contributed by atoms with van der Waals surface area (Å²) in [6.45, 7) is 1.70. The standard InChI is InChI=1S/C20H19NO4/c1-13-19(14-7-5-4-6-8-14)20(23)16-10-9-15(11-17(16)25-13)24-12-18(22)21(2)3/h4-11H,12H2,1-3H3. The monoisotopic (exact) mass is 337 g/mol. The van der Waals surface area contributed by atoms with E-state index in [1.807, 2.05) is 30.3 Å². The molecule has 0 aliphatic carbocycles. The molecule has 0 atom stereocenters. The van der Waals surface area contributed by atoms with Crippen molar-refractivity contribution in [1.82, 2.24) is 4.90 Å². The van der Waals surface area contributed by atoms with Crippen molar-refractivity contribution < 1.29 is 13.9 Å². The van der Waals surface area contributed by atoms with E-state index in [0.29, 0.717) is 28.0 Å². The van der Waals surface area contributed by atoms with Crippen molar-refractivity contribution in [2.24, 2.45) is 0 Å². The first kappa shape index (κ1) is 16.8. The Morgan fingerprint density at radius 2 is 1.84 bits per heavy atom. The van der Waals surface area contributed by atoms with Gasteiger partial charge in [-0.15, -0.1) is 0 Å². The summed E-state index contributed by atoms with van der Waals surface area (Å²) >= 11 is 0. The molecule has 2 aromatic carbocycles. The summed E-state index contributed by atoms with van der Waals surface area (Å²) in [5.74, 6) is 0.889.